The summed E-state index contributed by atoms with van der Waals surface area (Å²) in [5.41, 5.74) is 6.80. The monoisotopic (exact) mass is 293 g/mol. The number of rotatable bonds is 5. The van der Waals surface area contributed by atoms with Gasteiger partial charge in [0.15, 0.2) is 0 Å². The molecule has 0 spiro atoms. The fourth-order valence-electron chi connectivity index (χ4n) is 1.76. The van der Waals surface area contributed by atoms with Gasteiger partial charge in [-0.05, 0) is 17.7 Å². The molecule has 3 N–H and O–H groups in total. The number of amides is 3. The van der Waals surface area contributed by atoms with Crippen LogP contribution in [0.2, 0.25) is 0 Å². The highest BCUT2D eigenvalue weighted by Gasteiger charge is 2.29. The van der Waals surface area contributed by atoms with Crippen LogP contribution in [-0.4, -0.2) is 34.3 Å². The lowest BCUT2D eigenvalue weighted by Gasteiger charge is -2.13. The third kappa shape index (κ3) is 3.58. The molecule has 0 atom stereocenters. The highest BCUT2D eigenvalue weighted by atomic mass is 32.2. The summed E-state index contributed by atoms with van der Waals surface area (Å²) in [5, 5.41) is 2.50. The van der Waals surface area contributed by atoms with Crippen LogP contribution in [0.15, 0.2) is 24.3 Å². The maximum atomic E-state index is 11.5. The van der Waals surface area contributed by atoms with Crippen LogP contribution < -0.4 is 11.1 Å². The number of nitrogens with two attached hydrogens (primary N) is 1. The SMILES string of the molecule is NCCC(=O)Nc1ccc(CN2C(=O)CSC2=O)cc1. The number of nitrogens with one attached hydrogen (secondary N) is 1. The van der Waals surface area contributed by atoms with E-state index in [1.54, 1.807) is 24.3 Å². The van der Waals surface area contributed by atoms with E-state index in [1.807, 2.05) is 0 Å². The Kier molecular flexibility index (Phi) is 4.75. The van der Waals surface area contributed by atoms with Crippen LogP contribution in [0, 0.1) is 0 Å². The van der Waals surface area contributed by atoms with Gasteiger partial charge in [0.2, 0.25) is 11.8 Å². The van der Waals surface area contributed by atoms with Crippen molar-refractivity contribution in [3.05, 3.63) is 29.8 Å². The highest BCUT2D eigenvalue weighted by molar-refractivity contribution is 8.14. The Hall–Kier alpha value is -1.86. The smallest absolute Gasteiger partial charge is 0.289 e. The molecule has 2 rings (SSSR count). The van der Waals surface area contributed by atoms with Crippen molar-refractivity contribution in [1.82, 2.24) is 4.90 Å². The number of carbonyl (C=O) groups excluding carboxylic acids is 3. The molecule has 1 aromatic carbocycles. The maximum absolute atomic E-state index is 11.5. The van der Waals surface area contributed by atoms with Gasteiger partial charge < -0.3 is 11.1 Å². The minimum absolute atomic E-state index is 0.137. The first kappa shape index (κ1) is 14.5. The highest BCUT2D eigenvalue weighted by Crippen LogP contribution is 2.21. The molecule has 0 radical (unpaired) electrons. The predicted molar refractivity (Wildman–Crippen MR) is 77.1 cm³/mol. The van der Waals surface area contributed by atoms with Crippen molar-refractivity contribution < 1.29 is 14.4 Å². The van der Waals surface area contributed by atoms with Gasteiger partial charge in [-0.3, -0.25) is 19.3 Å². The molecule has 1 fully saturated rings. The second kappa shape index (κ2) is 6.53. The molecule has 7 heteroatoms. The molecule has 3 amide bonds. The minimum Gasteiger partial charge on any atom is -0.330 e. The minimum atomic E-state index is -0.213. The number of imide groups is 1. The van der Waals surface area contributed by atoms with Gasteiger partial charge in [-0.2, -0.15) is 0 Å². The third-order valence-corrected chi connectivity index (χ3v) is 3.65. The van der Waals surface area contributed by atoms with Crippen molar-refractivity contribution in [2.45, 2.75) is 13.0 Å². The van der Waals surface area contributed by atoms with Crippen LogP contribution in [-0.2, 0) is 16.1 Å². The average Bonchev–Trinajstić information content (AvgIpc) is 2.73. The molecule has 1 aliphatic heterocycles. The fourth-order valence-corrected chi connectivity index (χ4v) is 2.49. The number of anilines is 1. The van der Waals surface area contributed by atoms with E-state index in [1.165, 1.54) is 4.90 Å². The Morgan fingerprint density at radius 3 is 2.55 bits per heavy atom. The normalized spacial score (nSPS) is 14.8. The lowest BCUT2D eigenvalue weighted by molar-refractivity contribution is -0.125. The van der Waals surface area contributed by atoms with E-state index in [2.05, 4.69) is 5.32 Å². The van der Waals surface area contributed by atoms with E-state index in [0.29, 0.717) is 12.2 Å². The van der Waals surface area contributed by atoms with E-state index in [0.717, 1.165) is 17.3 Å². The van der Waals surface area contributed by atoms with Gasteiger partial charge in [0.05, 0.1) is 12.3 Å². The Balaban J connectivity index is 1.96. The topological polar surface area (TPSA) is 92.5 Å². The summed E-state index contributed by atoms with van der Waals surface area (Å²) in [4.78, 5) is 35.6. The second-order valence-corrected chi connectivity index (χ2v) is 5.24. The second-order valence-electron chi connectivity index (χ2n) is 4.32. The van der Waals surface area contributed by atoms with E-state index in [4.69, 9.17) is 5.73 Å². The average molecular weight is 293 g/mol. The number of thioether (sulfide) groups is 1. The first-order valence-corrected chi connectivity index (χ1v) is 7.14. The molecule has 0 aliphatic carbocycles. The standard InChI is InChI=1S/C13H15N3O3S/c14-6-5-11(17)15-10-3-1-9(2-4-10)7-16-12(18)8-20-13(16)19/h1-4H,5-8,14H2,(H,15,17). The summed E-state index contributed by atoms with van der Waals surface area (Å²) >= 11 is 1.02. The van der Waals surface area contributed by atoms with Crippen LogP contribution in [0.1, 0.15) is 12.0 Å². The van der Waals surface area contributed by atoms with Gasteiger partial charge in [-0.25, -0.2) is 0 Å². The van der Waals surface area contributed by atoms with Crippen LogP contribution >= 0.6 is 11.8 Å². The summed E-state index contributed by atoms with van der Waals surface area (Å²) in [5.74, 6) is -0.0895. The van der Waals surface area contributed by atoms with Crippen molar-refractivity contribution >= 4 is 34.5 Å². The fraction of sp³-hybridized carbons (Fsp3) is 0.308. The Bertz CT molecular complexity index is 514. The largest absolute Gasteiger partial charge is 0.330 e. The maximum Gasteiger partial charge on any atom is 0.289 e. The van der Waals surface area contributed by atoms with Crippen molar-refractivity contribution in [2.24, 2.45) is 5.73 Å². The zero-order valence-electron chi connectivity index (χ0n) is 10.8. The quantitative estimate of drug-likeness (QED) is 0.850. The van der Waals surface area contributed by atoms with Crippen LogP contribution in [0.25, 0.3) is 0 Å². The number of hydrogen-bond acceptors (Lipinski definition) is 5. The van der Waals surface area contributed by atoms with E-state index >= 15 is 0 Å². The van der Waals surface area contributed by atoms with Crippen LogP contribution in [0.3, 0.4) is 0 Å². The Labute approximate surface area is 120 Å². The van der Waals surface area contributed by atoms with Gasteiger partial charge in [0, 0.05) is 18.7 Å². The van der Waals surface area contributed by atoms with Crippen molar-refractivity contribution in [1.29, 1.82) is 0 Å². The van der Waals surface area contributed by atoms with Gasteiger partial charge in [-0.1, -0.05) is 23.9 Å². The molecular formula is C13H15N3O3S. The molecule has 0 bridgehead atoms. The molecule has 1 aromatic rings. The zero-order chi connectivity index (χ0) is 14.5. The third-order valence-electron chi connectivity index (χ3n) is 2.79. The molecule has 20 heavy (non-hydrogen) atoms. The van der Waals surface area contributed by atoms with Crippen molar-refractivity contribution in [3.8, 4) is 0 Å². The summed E-state index contributed by atoms with van der Waals surface area (Å²) in [7, 11) is 0. The molecule has 106 valence electrons. The molecule has 1 aliphatic rings. The first-order valence-electron chi connectivity index (χ1n) is 6.16. The van der Waals surface area contributed by atoms with E-state index in [-0.39, 0.29) is 35.8 Å². The van der Waals surface area contributed by atoms with Crippen molar-refractivity contribution in [3.63, 3.8) is 0 Å². The summed E-state index contributed by atoms with van der Waals surface area (Å²) in [6.45, 7) is 0.572. The summed E-state index contributed by atoms with van der Waals surface area (Å²) in [6.07, 6.45) is 0.274. The van der Waals surface area contributed by atoms with Crippen LogP contribution in [0.5, 0.6) is 0 Å². The molecule has 0 aromatic heterocycles. The number of nitrogens with zero attached hydrogens (tertiary/aromatic N) is 1. The lowest BCUT2D eigenvalue weighted by Crippen LogP contribution is -2.27. The van der Waals surface area contributed by atoms with Crippen LogP contribution in [0.4, 0.5) is 10.5 Å². The number of benzene rings is 1. The first-order chi connectivity index (χ1) is 9.60. The summed E-state index contributed by atoms with van der Waals surface area (Å²) in [6, 6.07) is 7.03. The van der Waals surface area contributed by atoms with Gasteiger partial charge in [0.25, 0.3) is 5.24 Å². The van der Waals surface area contributed by atoms with Gasteiger partial charge in [-0.15, -0.1) is 0 Å². The summed E-state index contributed by atoms with van der Waals surface area (Å²) < 4.78 is 0. The molecule has 1 saturated heterocycles. The Morgan fingerprint density at radius 1 is 1.30 bits per heavy atom. The van der Waals surface area contributed by atoms with Gasteiger partial charge >= 0.3 is 0 Å². The molecule has 1 heterocycles. The number of hydrogen-bond donors (Lipinski definition) is 2. The zero-order valence-corrected chi connectivity index (χ0v) is 11.6. The number of carbonyl (C=O) groups is 3. The molecular weight excluding hydrogens is 278 g/mol. The molecule has 0 unspecified atom stereocenters. The van der Waals surface area contributed by atoms with E-state index < -0.39 is 0 Å². The predicted octanol–water partition coefficient (Wildman–Crippen LogP) is 1.17. The van der Waals surface area contributed by atoms with Crippen molar-refractivity contribution in [2.75, 3.05) is 17.6 Å². The molecule has 0 saturated carbocycles. The molecule has 6 nitrogen and oxygen atoms in total. The van der Waals surface area contributed by atoms with E-state index in [9.17, 15) is 14.4 Å². The Morgan fingerprint density at radius 2 is 2.00 bits per heavy atom. The van der Waals surface area contributed by atoms with Gasteiger partial charge in [0.1, 0.15) is 0 Å². The lowest BCUT2D eigenvalue weighted by atomic mass is 10.2.